The average molecular weight is 547 g/mol. The minimum absolute atomic E-state index is 0.111. The fraction of sp³-hybridized carbons (Fsp3) is 0.240. The number of carbonyl (C=O) groups is 2. The number of pyridine rings is 1. The molecule has 2 N–H and O–H groups in total. The minimum Gasteiger partial charge on any atom is -0.358 e. The van der Waals surface area contributed by atoms with Gasteiger partial charge in [-0.05, 0) is 29.8 Å². The second kappa shape index (κ2) is 10.5. The molecule has 35 heavy (non-hydrogen) atoms. The number of benzene rings is 1. The molecule has 0 unspecified atom stereocenters. The summed E-state index contributed by atoms with van der Waals surface area (Å²) in [5.74, 6) is -2.00. The summed E-state index contributed by atoms with van der Waals surface area (Å²) in [4.78, 5) is 32.5. The third kappa shape index (κ3) is 5.82. The Morgan fingerprint density at radius 2 is 1.97 bits per heavy atom. The zero-order valence-corrected chi connectivity index (χ0v) is 20.1. The number of H-pyrrole nitrogens is 1. The van der Waals surface area contributed by atoms with Crippen LogP contribution in [0.1, 0.15) is 21.6 Å². The number of nitrogens with one attached hydrogen (secondary N) is 2. The van der Waals surface area contributed by atoms with E-state index in [9.17, 15) is 22.8 Å². The highest BCUT2D eigenvalue weighted by Gasteiger charge is 2.42. The zero-order chi connectivity index (χ0) is 25.0. The van der Waals surface area contributed by atoms with E-state index in [-0.39, 0.29) is 19.0 Å². The topological polar surface area (TPSA) is 78.1 Å². The molecule has 0 aliphatic carbocycles. The van der Waals surface area contributed by atoms with Gasteiger partial charge in [0, 0.05) is 60.1 Å². The van der Waals surface area contributed by atoms with E-state index in [4.69, 9.17) is 0 Å². The highest BCUT2D eigenvalue weighted by atomic mass is 79.9. The summed E-state index contributed by atoms with van der Waals surface area (Å²) in [5, 5.41) is 3.30. The maximum atomic E-state index is 13.1. The van der Waals surface area contributed by atoms with E-state index in [2.05, 4.69) is 31.2 Å². The molecule has 1 aliphatic heterocycles. The van der Waals surface area contributed by atoms with Crippen LogP contribution in [-0.2, 0) is 17.8 Å². The van der Waals surface area contributed by atoms with Gasteiger partial charge in [0.2, 0.25) is 0 Å². The van der Waals surface area contributed by atoms with Crippen molar-refractivity contribution < 1.29 is 22.8 Å². The summed E-state index contributed by atoms with van der Waals surface area (Å²) in [6.07, 6.45) is 0.566. The van der Waals surface area contributed by atoms with Crippen molar-refractivity contribution in [3.8, 4) is 22.5 Å². The number of allylic oxidation sites excluding steroid dienone is 1. The number of rotatable bonds is 7. The number of alkyl halides is 4. The van der Waals surface area contributed by atoms with Crippen molar-refractivity contribution in [2.24, 2.45) is 0 Å². The molecule has 10 heteroatoms. The van der Waals surface area contributed by atoms with Crippen LogP contribution in [0.5, 0.6) is 0 Å². The number of hydrogen-bond donors (Lipinski definition) is 2. The summed E-state index contributed by atoms with van der Waals surface area (Å²) in [6.45, 7) is 0.226. The SMILES string of the molecule is O=C1NCCc2[nH]c(-c3ccnc(-c4cccc(CN(C/C=C/CBr)C(=O)C(F)(F)F)c4)c3)cc21. The molecule has 2 aromatic heterocycles. The maximum absolute atomic E-state index is 13.1. The van der Waals surface area contributed by atoms with Crippen LogP contribution in [0.15, 0.2) is 60.8 Å². The molecule has 0 bridgehead atoms. The van der Waals surface area contributed by atoms with Crippen LogP contribution in [0.2, 0.25) is 0 Å². The molecule has 0 saturated carbocycles. The first-order valence-corrected chi connectivity index (χ1v) is 12.0. The Morgan fingerprint density at radius 3 is 2.71 bits per heavy atom. The Bertz CT molecular complexity index is 1270. The van der Waals surface area contributed by atoms with Gasteiger partial charge in [-0.25, -0.2) is 0 Å². The maximum Gasteiger partial charge on any atom is 0.471 e. The summed E-state index contributed by atoms with van der Waals surface area (Å²) in [6, 6.07) is 12.4. The molecule has 3 heterocycles. The van der Waals surface area contributed by atoms with Crippen LogP contribution in [-0.4, -0.2) is 51.3 Å². The standard InChI is InChI=1S/C25H22BrF3N4O2/c26-8-1-2-11-33(24(35)25(27,28)29)15-16-4-3-5-17(12-16)21-13-18(6-9-30-21)22-14-19-20(32-22)7-10-31-23(19)34/h1-6,9,12-14,32H,7-8,10-11,15H2,(H,31,34)/b2-1+. The molecule has 0 atom stereocenters. The fourth-order valence-corrected chi connectivity index (χ4v) is 4.18. The normalized spacial score (nSPS) is 13.5. The van der Waals surface area contributed by atoms with E-state index in [1.54, 1.807) is 36.5 Å². The third-order valence-corrected chi connectivity index (χ3v) is 5.96. The first-order chi connectivity index (χ1) is 16.8. The Kier molecular flexibility index (Phi) is 7.39. The van der Waals surface area contributed by atoms with E-state index >= 15 is 0 Å². The van der Waals surface area contributed by atoms with Crippen molar-refractivity contribution >= 4 is 27.7 Å². The largest absolute Gasteiger partial charge is 0.471 e. The van der Waals surface area contributed by atoms with E-state index in [0.717, 1.165) is 28.3 Å². The summed E-state index contributed by atoms with van der Waals surface area (Å²) < 4.78 is 39.3. The van der Waals surface area contributed by atoms with Crippen molar-refractivity contribution in [2.45, 2.75) is 19.1 Å². The van der Waals surface area contributed by atoms with Crippen LogP contribution < -0.4 is 5.32 Å². The molecule has 3 aromatic rings. The van der Waals surface area contributed by atoms with E-state index < -0.39 is 12.1 Å². The van der Waals surface area contributed by atoms with Crippen molar-refractivity contribution in [2.75, 3.05) is 18.4 Å². The number of aromatic amines is 1. The Labute approximate surface area is 208 Å². The second-order valence-electron chi connectivity index (χ2n) is 8.02. The Hall–Kier alpha value is -3.40. The van der Waals surface area contributed by atoms with E-state index in [1.165, 1.54) is 6.08 Å². The predicted octanol–water partition coefficient (Wildman–Crippen LogP) is 4.87. The summed E-state index contributed by atoms with van der Waals surface area (Å²) in [7, 11) is 0. The minimum atomic E-state index is -4.96. The first kappa shape index (κ1) is 24.7. The molecule has 0 spiro atoms. The number of hydrogen-bond acceptors (Lipinski definition) is 3. The molecular weight excluding hydrogens is 525 g/mol. The molecule has 182 valence electrons. The Morgan fingerprint density at radius 1 is 1.14 bits per heavy atom. The lowest BCUT2D eigenvalue weighted by atomic mass is 10.0. The van der Waals surface area contributed by atoms with Gasteiger partial charge in [-0.2, -0.15) is 13.2 Å². The number of fused-ring (bicyclic) bond motifs is 1. The third-order valence-electron chi connectivity index (χ3n) is 5.58. The summed E-state index contributed by atoms with van der Waals surface area (Å²) in [5.41, 5.74) is 4.99. The fourth-order valence-electron chi connectivity index (χ4n) is 3.92. The zero-order valence-electron chi connectivity index (χ0n) is 18.5. The van der Waals surface area contributed by atoms with Crippen molar-refractivity contribution in [3.63, 3.8) is 0 Å². The van der Waals surface area contributed by atoms with Gasteiger partial charge in [0.25, 0.3) is 5.91 Å². The monoisotopic (exact) mass is 546 g/mol. The molecule has 0 saturated heterocycles. The second-order valence-corrected chi connectivity index (χ2v) is 8.67. The molecule has 1 aromatic carbocycles. The molecular formula is C25H22BrF3N4O2. The van der Waals surface area contributed by atoms with E-state index in [1.807, 2.05) is 18.2 Å². The molecule has 4 rings (SSSR count). The first-order valence-electron chi connectivity index (χ1n) is 10.9. The van der Waals surface area contributed by atoms with Crippen LogP contribution in [0, 0.1) is 0 Å². The average Bonchev–Trinajstić information content (AvgIpc) is 3.29. The van der Waals surface area contributed by atoms with Gasteiger partial charge in [-0.1, -0.05) is 46.3 Å². The van der Waals surface area contributed by atoms with Crippen molar-refractivity contribution in [1.82, 2.24) is 20.2 Å². The number of amides is 2. The number of carbonyl (C=O) groups excluding carboxylic acids is 2. The van der Waals surface area contributed by atoms with Crippen LogP contribution in [0.4, 0.5) is 13.2 Å². The molecule has 1 aliphatic rings. The highest BCUT2D eigenvalue weighted by molar-refractivity contribution is 9.09. The van der Waals surface area contributed by atoms with Crippen LogP contribution >= 0.6 is 15.9 Å². The quantitative estimate of drug-likeness (QED) is 0.327. The van der Waals surface area contributed by atoms with Crippen molar-refractivity contribution in [3.05, 3.63) is 77.6 Å². The van der Waals surface area contributed by atoms with Gasteiger partial charge in [0.15, 0.2) is 0 Å². The van der Waals surface area contributed by atoms with Crippen molar-refractivity contribution in [1.29, 1.82) is 0 Å². The molecule has 6 nitrogen and oxygen atoms in total. The van der Waals surface area contributed by atoms with Crippen LogP contribution in [0.3, 0.4) is 0 Å². The van der Waals surface area contributed by atoms with Gasteiger partial charge >= 0.3 is 12.1 Å². The molecule has 0 fully saturated rings. The highest BCUT2D eigenvalue weighted by Crippen LogP contribution is 2.28. The number of aromatic nitrogens is 2. The van der Waals surface area contributed by atoms with Gasteiger partial charge < -0.3 is 15.2 Å². The van der Waals surface area contributed by atoms with Gasteiger partial charge in [-0.3, -0.25) is 14.6 Å². The van der Waals surface area contributed by atoms with Crippen LogP contribution in [0.25, 0.3) is 22.5 Å². The lowest BCUT2D eigenvalue weighted by molar-refractivity contribution is -0.185. The lowest BCUT2D eigenvalue weighted by Crippen LogP contribution is -2.40. The summed E-state index contributed by atoms with van der Waals surface area (Å²) >= 11 is 3.18. The number of halogens is 4. The molecule has 0 radical (unpaired) electrons. The molecule has 2 amide bonds. The number of nitrogens with zero attached hydrogens (tertiary/aromatic N) is 2. The lowest BCUT2D eigenvalue weighted by Gasteiger charge is -2.22. The Balaban J connectivity index is 1.59. The van der Waals surface area contributed by atoms with Gasteiger partial charge in [0.1, 0.15) is 0 Å². The smallest absolute Gasteiger partial charge is 0.358 e. The van der Waals surface area contributed by atoms with Gasteiger partial charge in [-0.15, -0.1) is 0 Å². The van der Waals surface area contributed by atoms with Gasteiger partial charge in [0.05, 0.1) is 11.3 Å². The predicted molar refractivity (Wildman–Crippen MR) is 130 cm³/mol. The van der Waals surface area contributed by atoms with E-state index in [0.29, 0.717) is 34.3 Å².